The molecule has 0 spiro atoms. The molecule has 20 heavy (non-hydrogen) atoms. The van der Waals surface area contributed by atoms with Crippen LogP contribution in [0.3, 0.4) is 0 Å². The van der Waals surface area contributed by atoms with Crippen molar-refractivity contribution in [2.75, 3.05) is 39.3 Å². The fourth-order valence-corrected chi connectivity index (χ4v) is 3.93. The van der Waals surface area contributed by atoms with Crippen LogP contribution in [0.15, 0.2) is 24.3 Å². The summed E-state index contributed by atoms with van der Waals surface area (Å²) in [6.45, 7) is 9.02. The Morgan fingerprint density at radius 2 is 1.65 bits per heavy atom. The zero-order valence-electron chi connectivity index (χ0n) is 12.6. The molecule has 1 aliphatic carbocycles. The van der Waals surface area contributed by atoms with Crippen LogP contribution in [0.2, 0.25) is 0 Å². The SMILES string of the molecule is CCCN1CCN(C2(CN)Cc3ccccc3C2)CC1. The summed E-state index contributed by atoms with van der Waals surface area (Å²) >= 11 is 0. The van der Waals surface area contributed by atoms with Gasteiger partial charge < -0.3 is 10.6 Å². The van der Waals surface area contributed by atoms with E-state index in [9.17, 15) is 0 Å². The number of nitrogens with zero attached hydrogens (tertiary/aromatic N) is 2. The molecule has 0 amide bonds. The molecule has 3 heteroatoms. The predicted octanol–water partition coefficient (Wildman–Crippen LogP) is 1.51. The lowest BCUT2D eigenvalue weighted by atomic mass is 9.92. The minimum Gasteiger partial charge on any atom is -0.329 e. The van der Waals surface area contributed by atoms with Gasteiger partial charge in [-0.25, -0.2) is 0 Å². The molecule has 0 unspecified atom stereocenters. The van der Waals surface area contributed by atoms with Gasteiger partial charge in [0.2, 0.25) is 0 Å². The first-order valence-corrected chi connectivity index (χ1v) is 8.02. The fourth-order valence-electron chi connectivity index (χ4n) is 3.93. The van der Waals surface area contributed by atoms with Gasteiger partial charge in [-0.1, -0.05) is 31.2 Å². The third-order valence-corrected chi connectivity index (χ3v) is 5.12. The number of hydrogen-bond acceptors (Lipinski definition) is 3. The first kappa shape index (κ1) is 14.1. The third-order valence-electron chi connectivity index (χ3n) is 5.12. The van der Waals surface area contributed by atoms with E-state index in [0.29, 0.717) is 0 Å². The monoisotopic (exact) mass is 273 g/mol. The Labute approximate surface area is 122 Å². The molecule has 3 rings (SSSR count). The minimum atomic E-state index is 0.183. The molecule has 1 heterocycles. The second-order valence-corrected chi connectivity index (χ2v) is 6.38. The van der Waals surface area contributed by atoms with Crippen LogP contribution in [0.25, 0.3) is 0 Å². The Morgan fingerprint density at radius 3 is 2.15 bits per heavy atom. The number of fused-ring (bicyclic) bond motifs is 1. The van der Waals surface area contributed by atoms with Crippen molar-refractivity contribution in [3.05, 3.63) is 35.4 Å². The van der Waals surface area contributed by atoms with Gasteiger partial charge in [0.1, 0.15) is 0 Å². The summed E-state index contributed by atoms with van der Waals surface area (Å²) in [5.74, 6) is 0. The van der Waals surface area contributed by atoms with Crippen molar-refractivity contribution >= 4 is 0 Å². The van der Waals surface area contributed by atoms with Crippen LogP contribution in [0.5, 0.6) is 0 Å². The summed E-state index contributed by atoms with van der Waals surface area (Å²) in [6, 6.07) is 8.87. The predicted molar refractivity (Wildman–Crippen MR) is 83.9 cm³/mol. The molecule has 3 nitrogen and oxygen atoms in total. The molecule has 0 aromatic heterocycles. The maximum atomic E-state index is 6.22. The van der Waals surface area contributed by atoms with Crippen molar-refractivity contribution in [2.45, 2.75) is 31.7 Å². The lowest BCUT2D eigenvalue weighted by molar-refractivity contribution is 0.0417. The molecule has 1 aromatic carbocycles. The smallest absolute Gasteiger partial charge is 0.0413 e. The fraction of sp³-hybridized carbons (Fsp3) is 0.647. The Bertz CT molecular complexity index is 424. The van der Waals surface area contributed by atoms with E-state index in [4.69, 9.17) is 5.73 Å². The van der Waals surface area contributed by atoms with Crippen LogP contribution < -0.4 is 5.73 Å². The largest absolute Gasteiger partial charge is 0.329 e. The molecule has 2 aliphatic rings. The molecule has 0 radical (unpaired) electrons. The minimum absolute atomic E-state index is 0.183. The third kappa shape index (κ3) is 2.50. The highest BCUT2D eigenvalue weighted by atomic mass is 15.3. The van der Waals surface area contributed by atoms with E-state index in [0.717, 1.165) is 19.4 Å². The molecule has 0 bridgehead atoms. The first-order valence-electron chi connectivity index (χ1n) is 8.02. The number of hydrogen-bond donors (Lipinski definition) is 1. The van der Waals surface area contributed by atoms with Crippen LogP contribution in [0.4, 0.5) is 0 Å². The molecule has 1 aromatic rings. The summed E-state index contributed by atoms with van der Waals surface area (Å²) in [6.07, 6.45) is 3.52. The average molecular weight is 273 g/mol. The second kappa shape index (κ2) is 5.84. The van der Waals surface area contributed by atoms with Crippen molar-refractivity contribution in [2.24, 2.45) is 5.73 Å². The topological polar surface area (TPSA) is 32.5 Å². The molecule has 1 fully saturated rings. The van der Waals surface area contributed by atoms with Crippen LogP contribution in [0.1, 0.15) is 24.5 Å². The quantitative estimate of drug-likeness (QED) is 0.902. The highest BCUT2D eigenvalue weighted by Crippen LogP contribution is 2.34. The van der Waals surface area contributed by atoms with Gasteiger partial charge in [0.15, 0.2) is 0 Å². The maximum absolute atomic E-state index is 6.22. The van der Waals surface area contributed by atoms with E-state index < -0.39 is 0 Å². The lowest BCUT2D eigenvalue weighted by Gasteiger charge is -2.45. The van der Waals surface area contributed by atoms with Gasteiger partial charge >= 0.3 is 0 Å². The van der Waals surface area contributed by atoms with E-state index in [1.54, 1.807) is 0 Å². The van der Waals surface area contributed by atoms with Gasteiger partial charge in [0.05, 0.1) is 0 Å². The van der Waals surface area contributed by atoms with Gasteiger partial charge in [-0.2, -0.15) is 0 Å². The van der Waals surface area contributed by atoms with Gasteiger partial charge in [0, 0.05) is 38.3 Å². The van der Waals surface area contributed by atoms with Crippen molar-refractivity contribution in [1.82, 2.24) is 9.80 Å². The van der Waals surface area contributed by atoms with Gasteiger partial charge in [-0.05, 0) is 36.9 Å². The van der Waals surface area contributed by atoms with Gasteiger partial charge in [-0.3, -0.25) is 4.90 Å². The molecule has 110 valence electrons. The number of piperazine rings is 1. The normalized spacial score (nSPS) is 22.9. The van der Waals surface area contributed by atoms with Gasteiger partial charge in [0.25, 0.3) is 0 Å². The average Bonchev–Trinajstić information content (AvgIpc) is 2.88. The van der Waals surface area contributed by atoms with E-state index in [1.807, 2.05) is 0 Å². The standard InChI is InChI=1S/C17H27N3/c1-2-7-19-8-10-20(11-9-19)17(14-18)12-15-5-3-4-6-16(15)13-17/h3-6H,2,7-14,18H2,1H3. The molecule has 1 aliphatic heterocycles. The van der Waals surface area contributed by atoms with E-state index in [1.165, 1.54) is 50.3 Å². The molecular formula is C17H27N3. The van der Waals surface area contributed by atoms with Crippen molar-refractivity contribution < 1.29 is 0 Å². The number of nitrogens with two attached hydrogens (primary N) is 1. The van der Waals surface area contributed by atoms with Crippen molar-refractivity contribution in [3.8, 4) is 0 Å². The summed E-state index contributed by atoms with van der Waals surface area (Å²) < 4.78 is 0. The first-order chi connectivity index (χ1) is 9.77. The highest BCUT2D eigenvalue weighted by Gasteiger charge is 2.41. The zero-order chi connectivity index (χ0) is 14.0. The van der Waals surface area contributed by atoms with Crippen molar-refractivity contribution in [3.63, 3.8) is 0 Å². The molecule has 0 saturated carbocycles. The van der Waals surface area contributed by atoms with E-state index >= 15 is 0 Å². The number of benzene rings is 1. The lowest BCUT2D eigenvalue weighted by Crippen LogP contribution is -2.60. The Kier molecular flexibility index (Phi) is 4.11. The van der Waals surface area contributed by atoms with Crippen LogP contribution >= 0.6 is 0 Å². The summed E-state index contributed by atoms with van der Waals surface area (Å²) in [5.41, 5.74) is 9.42. The summed E-state index contributed by atoms with van der Waals surface area (Å²) in [4.78, 5) is 5.25. The molecule has 0 atom stereocenters. The maximum Gasteiger partial charge on any atom is 0.0413 e. The number of rotatable bonds is 4. The van der Waals surface area contributed by atoms with Crippen molar-refractivity contribution in [1.29, 1.82) is 0 Å². The zero-order valence-corrected chi connectivity index (χ0v) is 12.6. The Morgan fingerprint density at radius 1 is 1.05 bits per heavy atom. The van der Waals surface area contributed by atoms with Crippen LogP contribution in [0, 0.1) is 0 Å². The summed E-state index contributed by atoms with van der Waals surface area (Å²) in [7, 11) is 0. The molecular weight excluding hydrogens is 246 g/mol. The Hall–Kier alpha value is -0.900. The second-order valence-electron chi connectivity index (χ2n) is 6.38. The molecule has 2 N–H and O–H groups in total. The Balaban J connectivity index is 1.70. The van der Waals surface area contributed by atoms with Gasteiger partial charge in [-0.15, -0.1) is 0 Å². The summed E-state index contributed by atoms with van der Waals surface area (Å²) in [5, 5.41) is 0. The highest BCUT2D eigenvalue weighted by molar-refractivity contribution is 5.36. The van der Waals surface area contributed by atoms with Crippen LogP contribution in [-0.4, -0.2) is 54.6 Å². The molecule has 1 saturated heterocycles. The van der Waals surface area contributed by atoms with E-state index in [-0.39, 0.29) is 5.54 Å². The van der Waals surface area contributed by atoms with Crippen LogP contribution in [-0.2, 0) is 12.8 Å². The van der Waals surface area contributed by atoms with E-state index in [2.05, 4.69) is 41.0 Å².